The molecule has 6 heteroatoms. The zero-order chi connectivity index (χ0) is 16.1. The number of hydrogen-bond donors (Lipinski definition) is 0. The van der Waals surface area contributed by atoms with Gasteiger partial charge in [-0.3, -0.25) is 9.59 Å². The van der Waals surface area contributed by atoms with E-state index in [0.29, 0.717) is 39.3 Å². The van der Waals surface area contributed by atoms with Gasteiger partial charge in [0.25, 0.3) is 0 Å². The number of carbonyl (C=O) groups excluding carboxylic acids is 2. The standard InChI is InChI=1S/C15H28O6/c1-5-18-13(16)9-11-15(20-7-3,21-8-4)12-10-14(17)19-6-2/h5-12H2,1-4H3. The summed E-state index contributed by atoms with van der Waals surface area (Å²) in [5.74, 6) is -1.53. The molecule has 0 heterocycles. The topological polar surface area (TPSA) is 71.1 Å². The Morgan fingerprint density at radius 1 is 0.714 bits per heavy atom. The summed E-state index contributed by atoms with van der Waals surface area (Å²) in [5, 5.41) is 0. The summed E-state index contributed by atoms with van der Waals surface area (Å²) in [7, 11) is 0. The zero-order valence-corrected chi connectivity index (χ0v) is 13.6. The molecular weight excluding hydrogens is 276 g/mol. The van der Waals surface area contributed by atoms with Crippen molar-refractivity contribution in [2.24, 2.45) is 0 Å². The van der Waals surface area contributed by atoms with Crippen LogP contribution in [0.1, 0.15) is 53.4 Å². The van der Waals surface area contributed by atoms with Crippen molar-refractivity contribution in [3.05, 3.63) is 0 Å². The lowest BCUT2D eigenvalue weighted by atomic mass is 10.0. The molecule has 0 aromatic rings. The predicted octanol–water partition coefficient (Wildman–Crippen LogP) is 2.44. The average molecular weight is 304 g/mol. The molecule has 0 atom stereocenters. The lowest BCUT2D eigenvalue weighted by molar-refractivity contribution is -0.243. The summed E-state index contributed by atoms with van der Waals surface area (Å²) < 4.78 is 21.2. The second kappa shape index (κ2) is 11.5. The fourth-order valence-corrected chi connectivity index (χ4v) is 2.03. The molecular formula is C15H28O6. The van der Waals surface area contributed by atoms with Crippen LogP contribution >= 0.6 is 0 Å². The molecule has 0 N–H and O–H groups in total. The molecule has 6 nitrogen and oxygen atoms in total. The van der Waals surface area contributed by atoms with Crippen molar-refractivity contribution >= 4 is 11.9 Å². The molecule has 0 radical (unpaired) electrons. The van der Waals surface area contributed by atoms with Crippen LogP contribution in [0.25, 0.3) is 0 Å². The molecule has 0 aromatic carbocycles. The van der Waals surface area contributed by atoms with Crippen LogP contribution in [0.15, 0.2) is 0 Å². The Morgan fingerprint density at radius 3 is 1.38 bits per heavy atom. The van der Waals surface area contributed by atoms with Gasteiger partial charge in [-0.15, -0.1) is 0 Å². The van der Waals surface area contributed by atoms with Gasteiger partial charge in [0.15, 0.2) is 5.79 Å². The lowest BCUT2D eigenvalue weighted by Crippen LogP contribution is -2.38. The minimum absolute atomic E-state index is 0.191. The number of carbonyl (C=O) groups is 2. The zero-order valence-electron chi connectivity index (χ0n) is 13.6. The van der Waals surface area contributed by atoms with Crippen LogP contribution < -0.4 is 0 Å². The summed E-state index contributed by atoms with van der Waals surface area (Å²) >= 11 is 0. The summed E-state index contributed by atoms with van der Waals surface area (Å²) in [6.45, 7) is 8.78. The molecule has 0 fully saturated rings. The first-order valence-electron chi connectivity index (χ1n) is 7.62. The highest BCUT2D eigenvalue weighted by molar-refractivity contribution is 5.70. The van der Waals surface area contributed by atoms with Crippen molar-refractivity contribution in [1.29, 1.82) is 0 Å². The van der Waals surface area contributed by atoms with Crippen LogP contribution in [0.3, 0.4) is 0 Å². The van der Waals surface area contributed by atoms with Gasteiger partial charge in [-0.2, -0.15) is 0 Å². The van der Waals surface area contributed by atoms with E-state index in [-0.39, 0.29) is 24.8 Å². The maximum atomic E-state index is 11.5. The van der Waals surface area contributed by atoms with Gasteiger partial charge >= 0.3 is 11.9 Å². The molecule has 0 unspecified atom stereocenters. The second-order valence-electron chi connectivity index (χ2n) is 4.39. The minimum atomic E-state index is -0.941. The van der Waals surface area contributed by atoms with Crippen LogP contribution in [0.4, 0.5) is 0 Å². The van der Waals surface area contributed by atoms with Crippen LogP contribution in [0, 0.1) is 0 Å². The molecule has 0 saturated heterocycles. The molecule has 0 amide bonds. The summed E-state index contributed by atoms with van der Waals surface area (Å²) in [5.41, 5.74) is 0. The van der Waals surface area contributed by atoms with E-state index in [1.807, 2.05) is 13.8 Å². The highest BCUT2D eigenvalue weighted by Gasteiger charge is 2.33. The molecule has 0 aliphatic rings. The first-order valence-corrected chi connectivity index (χ1v) is 7.62. The Bertz CT molecular complexity index is 273. The Morgan fingerprint density at radius 2 is 1.10 bits per heavy atom. The maximum absolute atomic E-state index is 11.5. The third-order valence-corrected chi connectivity index (χ3v) is 2.85. The molecule has 0 aromatic heterocycles. The van der Waals surface area contributed by atoms with Gasteiger partial charge in [-0.05, 0) is 27.7 Å². The van der Waals surface area contributed by atoms with Crippen LogP contribution in [-0.4, -0.2) is 44.2 Å². The molecule has 0 bridgehead atoms. The molecule has 0 aliphatic carbocycles. The molecule has 0 aliphatic heterocycles. The third-order valence-electron chi connectivity index (χ3n) is 2.85. The Kier molecular flexibility index (Phi) is 10.9. The number of esters is 2. The summed E-state index contributed by atoms with van der Waals surface area (Å²) in [4.78, 5) is 23.0. The fraction of sp³-hybridized carbons (Fsp3) is 0.867. The van der Waals surface area contributed by atoms with Crippen LogP contribution in [-0.2, 0) is 28.5 Å². The molecule has 21 heavy (non-hydrogen) atoms. The smallest absolute Gasteiger partial charge is 0.305 e. The van der Waals surface area contributed by atoms with Crippen molar-refractivity contribution in [3.8, 4) is 0 Å². The third kappa shape index (κ3) is 8.67. The van der Waals surface area contributed by atoms with E-state index < -0.39 is 5.79 Å². The number of rotatable bonds is 12. The second-order valence-corrected chi connectivity index (χ2v) is 4.39. The SMILES string of the molecule is CCOC(=O)CCC(CCC(=O)OCC)(OCC)OCC. The predicted molar refractivity (Wildman–Crippen MR) is 77.7 cm³/mol. The van der Waals surface area contributed by atoms with E-state index in [1.54, 1.807) is 13.8 Å². The minimum Gasteiger partial charge on any atom is -0.466 e. The van der Waals surface area contributed by atoms with Gasteiger partial charge in [0.2, 0.25) is 0 Å². The maximum Gasteiger partial charge on any atom is 0.305 e. The normalized spacial score (nSPS) is 11.2. The van der Waals surface area contributed by atoms with Crippen LogP contribution in [0.2, 0.25) is 0 Å². The van der Waals surface area contributed by atoms with Crippen molar-refractivity contribution < 1.29 is 28.5 Å². The first kappa shape index (κ1) is 19.9. The Labute approximate surface area is 127 Å². The monoisotopic (exact) mass is 304 g/mol. The number of hydrogen-bond acceptors (Lipinski definition) is 6. The molecule has 0 saturated carbocycles. The van der Waals surface area contributed by atoms with Gasteiger partial charge in [0.1, 0.15) is 0 Å². The van der Waals surface area contributed by atoms with E-state index >= 15 is 0 Å². The van der Waals surface area contributed by atoms with Crippen molar-refractivity contribution in [1.82, 2.24) is 0 Å². The Hall–Kier alpha value is -1.14. The average Bonchev–Trinajstić information content (AvgIpc) is 2.44. The molecule has 0 rings (SSSR count). The molecule has 0 spiro atoms. The van der Waals surface area contributed by atoms with Crippen LogP contribution in [0.5, 0.6) is 0 Å². The number of ether oxygens (including phenoxy) is 4. The first-order chi connectivity index (χ1) is 10.0. The van der Waals surface area contributed by atoms with Gasteiger partial charge < -0.3 is 18.9 Å². The summed E-state index contributed by atoms with van der Waals surface area (Å²) in [6, 6.07) is 0. The van der Waals surface area contributed by atoms with Gasteiger partial charge in [-0.1, -0.05) is 0 Å². The lowest BCUT2D eigenvalue weighted by Gasteiger charge is -2.33. The van der Waals surface area contributed by atoms with E-state index in [1.165, 1.54) is 0 Å². The van der Waals surface area contributed by atoms with Gasteiger partial charge in [0.05, 0.1) is 26.1 Å². The van der Waals surface area contributed by atoms with Gasteiger partial charge in [-0.25, -0.2) is 0 Å². The highest BCUT2D eigenvalue weighted by Crippen LogP contribution is 2.27. The largest absolute Gasteiger partial charge is 0.466 e. The quantitative estimate of drug-likeness (QED) is 0.407. The van der Waals surface area contributed by atoms with E-state index in [4.69, 9.17) is 18.9 Å². The van der Waals surface area contributed by atoms with E-state index in [0.717, 1.165) is 0 Å². The molecule has 124 valence electrons. The van der Waals surface area contributed by atoms with E-state index in [2.05, 4.69) is 0 Å². The van der Waals surface area contributed by atoms with Crippen molar-refractivity contribution in [2.75, 3.05) is 26.4 Å². The van der Waals surface area contributed by atoms with Gasteiger partial charge in [0, 0.05) is 26.1 Å². The van der Waals surface area contributed by atoms with Crippen molar-refractivity contribution in [3.63, 3.8) is 0 Å². The van der Waals surface area contributed by atoms with E-state index in [9.17, 15) is 9.59 Å². The summed E-state index contributed by atoms with van der Waals surface area (Å²) in [6.07, 6.45) is 1.09. The Balaban J connectivity index is 4.64. The van der Waals surface area contributed by atoms with Crippen molar-refractivity contribution in [2.45, 2.75) is 59.2 Å². The fourth-order valence-electron chi connectivity index (χ4n) is 2.03. The highest BCUT2D eigenvalue weighted by atomic mass is 16.7.